The molecule has 8 heteroatoms. The van der Waals surface area contributed by atoms with Gasteiger partial charge in [0.25, 0.3) is 11.1 Å². The van der Waals surface area contributed by atoms with E-state index in [-0.39, 0.29) is 11.1 Å². The Morgan fingerprint density at radius 3 is 2.60 bits per heavy atom. The molecule has 1 aromatic carbocycles. The highest BCUT2D eigenvalue weighted by atomic mass is 32.2. The van der Waals surface area contributed by atoms with E-state index in [0.29, 0.717) is 28.9 Å². The molecule has 25 heavy (non-hydrogen) atoms. The number of benzene rings is 1. The van der Waals surface area contributed by atoms with E-state index < -0.39 is 0 Å². The summed E-state index contributed by atoms with van der Waals surface area (Å²) < 4.78 is 10.8. The molecule has 2 fully saturated rings. The molecule has 0 aromatic heterocycles. The lowest BCUT2D eigenvalue weighted by molar-refractivity contribution is -0.115. The Morgan fingerprint density at radius 1 is 1.32 bits per heavy atom. The summed E-state index contributed by atoms with van der Waals surface area (Å²) in [5.74, 6) is 1.26. The van der Waals surface area contributed by atoms with Crippen LogP contribution in [0.5, 0.6) is 11.5 Å². The molecule has 0 saturated carbocycles. The van der Waals surface area contributed by atoms with Crippen LogP contribution in [-0.2, 0) is 4.79 Å². The topological polar surface area (TPSA) is 93.9 Å². The quantitative estimate of drug-likeness (QED) is 0.771. The highest BCUT2D eigenvalue weighted by Crippen LogP contribution is 2.39. The van der Waals surface area contributed by atoms with Gasteiger partial charge in [-0.05, 0) is 42.8 Å². The molecule has 1 aromatic rings. The molecule has 134 valence electrons. The van der Waals surface area contributed by atoms with Gasteiger partial charge in [0.05, 0.1) is 19.1 Å². The Kier molecular flexibility index (Phi) is 5.19. The molecule has 0 aliphatic carbocycles. The van der Waals surface area contributed by atoms with Crippen LogP contribution in [-0.4, -0.2) is 45.0 Å². The average Bonchev–Trinajstić information content (AvgIpc) is 3.20. The van der Waals surface area contributed by atoms with E-state index in [2.05, 4.69) is 10.2 Å². The molecule has 0 spiro atoms. The van der Waals surface area contributed by atoms with Gasteiger partial charge in [0, 0.05) is 30.4 Å². The number of amides is 2. The highest BCUT2D eigenvalue weighted by Gasteiger charge is 2.28. The number of rotatable bonds is 5. The van der Waals surface area contributed by atoms with Crippen molar-refractivity contribution in [1.29, 1.82) is 0 Å². The van der Waals surface area contributed by atoms with Gasteiger partial charge >= 0.3 is 0 Å². The van der Waals surface area contributed by atoms with Crippen molar-refractivity contribution in [2.45, 2.75) is 6.42 Å². The summed E-state index contributed by atoms with van der Waals surface area (Å²) in [5, 5.41) is 1.92. The normalized spacial score (nSPS) is 21.8. The fraction of sp³-hybridized carbons (Fsp3) is 0.412. The Balaban J connectivity index is 2.04. The minimum atomic E-state index is -0.378. The van der Waals surface area contributed by atoms with Gasteiger partial charge in [-0.2, -0.15) is 0 Å². The fourth-order valence-electron chi connectivity index (χ4n) is 3.08. The molecule has 2 amide bonds. The maximum Gasteiger partial charge on any atom is 0.290 e. The van der Waals surface area contributed by atoms with Crippen molar-refractivity contribution in [2.75, 3.05) is 38.8 Å². The van der Waals surface area contributed by atoms with E-state index in [0.717, 1.165) is 42.5 Å². The molecule has 3 N–H and O–H groups in total. The minimum absolute atomic E-state index is 0.359. The summed E-state index contributed by atoms with van der Waals surface area (Å²) >= 11 is 0.899. The smallest absolute Gasteiger partial charge is 0.290 e. The van der Waals surface area contributed by atoms with Gasteiger partial charge in [0.1, 0.15) is 0 Å². The van der Waals surface area contributed by atoms with E-state index in [1.165, 1.54) is 0 Å². The number of thioether (sulfide) groups is 1. The molecule has 7 nitrogen and oxygen atoms in total. The standard InChI is InChI=1S/C17H21N3O4S/c1-23-13-5-11(6-15-16(21)19-17(22)25-15)12(7-14(13)24-2)20-4-3-10(8-18)9-20/h5-7,10H,3-4,8-9,18H2,1-2H3,(H,19,21,22)/b15-6-. The number of methoxy groups -OCH3 is 2. The van der Waals surface area contributed by atoms with Crippen LogP contribution in [0.4, 0.5) is 10.5 Å². The SMILES string of the molecule is COc1cc(/C=C2\SC(=O)NC2=O)c(N2CCC(CN)C2)cc1OC. The summed E-state index contributed by atoms with van der Waals surface area (Å²) in [6.07, 6.45) is 2.74. The molecular weight excluding hydrogens is 342 g/mol. The lowest BCUT2D eigenvalue weighted by Crippen LogP contribution is -2.23. The maximum absolute atomic E-state index is 11.9. The van der Waals surface area contributed by atoms with E-state index in [4.69, 9.17) is 15.2 Å². The fourth-order valence-corrected chi connectivity index (χ4v) is 3.75. The molecular formula is C17H21N3O4S. The van der Waals surface area contributed by atoms with Crippen LogP contribution in [0.15, 0.2) is 17.0 Å². The number of nitrogens with one attached hydrogen (secondary N) is 1. The minimum Gasteiger partial charge on any atom is -0.493 e. The molecule has 0 radical (unpaired) electrons. The molecule has 2 saturated heterocycles. The van der Waals surface area contributed by atoms with Crippen molar-refractivity contribution < 1.29 is 19.1 Å². The first-order valence-corrected chi connectivity index (χ1v) is 8.83. The van der Waals surface area contributed by atoms with Crippen LogP contribution in [0.25, 0.3) is 6.08 Å². The second-order valence-electron chi connectivity index (χ2n) is 5.95. The molecule has 2 aliphatic heterocycles. The van der Waals surface area contributed by atoms with E-state index >= 15 is 0 Å². The van der Waals surface area contributed by atoms with Crippen molar-refractivity contribution in [3.63, 3.8) is 0 Å². The van der Waals surface area contributed by atoms with Crippen molar-refractivity contribution in [2.24, 2.45) is 11.7 Å². The largest absolute Gasteiger partial charge is 0.493 e. The summed E-state index contributed by atoms with van der Waals surface area (Å²) in [7, 11) is 3.15. The summed E-state index contributed by atoms with van der Waals surface area (Å²) in [4.78, 5) is 25.9. The number of carbonyl (C=O) groups excluding carboxylic acids is 2. The first-order chi connectivity index (χ1) is 12.0. The predicted octanol–water partition coefficient (Wildman–Crippen LogP) is 1.81. The predicted molar refractivity (Wildman–Crippen MR) is 98.0 cm³/mol. The van der Waals surface area contributed by atoms with Gasteiger partial charge in [-0.3, -0.25) is 14.9 Å². The molecule has 1 atom stereocenters. The number of imide groups is 1. The van der Waals surface area contributed by atoms with Crippen LogP contribution in [0.1, 0.15) is 12.0 Å². The van der Waals surface area contributed by atoms with E-state index in [9.17, 15) is 9.59 Å². The van der Waals surface area contributed by atoms with Crippen molar-refractivity contribution in [1.82, 2.24) is 5.32 Å². The third-order valence-electron chi connectivity index (χ3n) is 4.42. The van der Waals surface area contributed by atoms with Crippen molar-refractivity contribution in [3.8, 4) is 11.5 Å². The number of hydrogen-bond donors (Lipinski definition) is 2. The second-order valence-corrected chi connectivity index (χ2v) is 6.97. The number of hydrogen-bond acceptors (Lipinski definition) is 7. The Hall–Kier alpha value is -2.19. The number of nitrogens with two attached hydrogens (primary N) is 1. The molecule has 2 aliphatic rings. The zero-order chi connectivity index (χ0) is 18.0. The summed E-state index contributed by atoms with van der Waals surface area (Å²) in [6.45, 7) is 2.37. The maximum atomic E-state index is 11.9. The lowest BCUT2D eigenvalue weighted by atomic mass is 10.1. The number of carbonyl (C=O) groups is 2. The van der Waals surface area contributed by atoms with E-state index in [1.54, 1.807) is 20.3 Å². The second kappa shape index (κ2) is 7.37. The first kappa shape index (κ1) is 17.6. The monoisotopic (exact) mass is 363 g/mol. The van der Waals surface area contributed by atoms with Gasteiger partial charge < -0.3 is 20.1 Å². The zero-order valence-corrected chi connectivity index (χ0v) is 15.0. The van der Waals surface area contributed by atoms with Gasteiger partial charge in [-0.15, -0.1) is 0 Å². The van der Waals surface area contributed by atoms with Gasteiger partial charge in [-0.25, -0.2) is 0 Å². The number of nitrogens with zero attached hydrogens (tertiary/aromatic N) is 1. The van der Waals surface area contributed by atoms with E-state index in [1.807, 2.05) is 12.1 Å². The van der Waals surface area contributed by atoms with Crippen LogP contribution in [0, 0.1) is 5.92 Å². The van der Waals surface area contributed by atoms with Crippen LogP contribution in [0.3, 0.4) is 0 Å². The third-order valence-corrected chi connectivity index (χ3v) is 5.23. The molecule has 0 bridgehead atoms. The van der Waals surface area contributed by atoms with Crippen LogP contribution in [0.2, 0.25) is 0 Å². The number of anilines is 1. The third kappa shape index (κ3) is 3.59. The molecule has 1 unspecified atom stereocenters. The Morgan fingerprint density at radius 2 is 2.04 bits per heavy atom. The zero-order valence-electron chi connectivity index (χ0n) is 14.2. The van der Waals surface area contributed by atoms with Crippen molar-refractivity contribution >= 4 is 34.7 Å². The van der Waals surface area contributed by atoms with Gasteiger partial charge in [0.2, 0.25) is 0 Å². The highest BCUT2D eigenvalue weighted by molar-refractivity contribution is 8.18. The first-order valence-electron chi connectivity index (χ1n) is 8.01. The summed E-state index contributed by atoms with van der Waals surface area (Å²) in [6, 6.07) is 3.73. The van der Waals surface area contributed by atoms with Crippen LogP contribution >= 0.6 is 11.8 Å². The molecule has 3 rings (SSSR count). The Labute approximate surface area is 150 Å². The van der Waals surface area contributed by atoms with Crippen molar-refractivity contribution in [3.05, 3.63) is 22.6 Å². The Bertz CT molecular complexity index is 735. The number of ether oxygens (including phenoxy) is 2. The summed E-state index contributed by atoms with van der Waals surface area (Å²) in [5.41, 5.74) is 7.55. The van der Waals surface area contributed by atoms with Gasteiger partial charge in [-0.1, -0.05) is 0 Å². The van der Waals surface area contributed by atoms with Gasteiger partial charge in [0.15, 0.2) is 11.5 Å². The lowest BCUT2D eigenvalue weighted by Gasteiger charge is -2.23. The van der Waals surface area contributed by atoms with Crippen LogP contribution < -0.4 is 25.4 Å². The average molecular weight is 363 g/mol. The molecule has 2 heterocycles.